The van der Waals surface area contributed by atoms with Gasteiger partial charge in [0.25, 0.3) is 5.69 Å². The highest BCUT2D eigenvalue weighted by Crippen LogP contribution is 2.14. The number of carbonyl (C=O) groups is 2. The molecular formula is C14H18N2O5. The lowest BCUT2D eigenvalue weighted by Gasteiger charge is -2.19. The largest absolute Gasteiger partial charge is 0.480 e. The Hall–Kier alpha value is -2.44. The average Bonchev–Trinajstić information content (AvgIpc) is 2.44. The van der Waals surface area contributed by atoms with Gasteiger partial charge in [0.05, 0.1) is 4.92 Å². The third kappa shape index (κ3) is 5.60. The maximum absolute atomic E-state index is 12.0. The van der Waals surface area contributed by atoms with Gasteiger partial charge < -0.3 is 10.0 Å². The predicted octanol–water partition coefficient (Wildman–Crippen LogP) is 1.85. The SMILES string of the molecule is CCCN(CC(=O)O)C(=O)CCc1cccc([N+](=O)[O-])c1. The van der Waals surface area contributed by atoms with Gasteiger partial charge in [0.1, 0.15) is 6.54 Å². The molecular weight excluding hydrogens is 276 g/mol. The number of nitro groups is 1. The summed E-state index contributed by atoms with van der Waals surface area (Å²) in [5.74, 6) is -1.31. The number of rotatable bonds is 8. The van der Waals surface area contributed by atoms with Gasteiger partial charge in [-0.3, -0.25) is 19.7 Å². The van der Waals surface area contributed by atoms with E-state index in [1.807, 2.05) is 6.92 Å². The fourth-order valence-electron chi connectivity index (χ4n) is 1.96. The number of aliphatic carboxylic acids is 1. The van der Waals surface area contributed by atoms with Crippen molar-refractivity contribution in [2.24, 2.45) is 0 Å². The van der Waals surface area contributed by atoms with E-state index in [0.29, 0.717) is 24.9 Å². The first-order chi connectivity index (χ1) is 9.93. The van der Waals surface area contributed by atoms with Crippen molar-refractivity contribution in [3.8, 4) is 0 Å². The normalized spacial score (nSPS) is 10.1. The summed E-state index contributed by atoms with van der Waals surface area (Å²) in [5.41, 5.74) is 0.667. The molecule has 1 rings (SSSR count). The topological polar surface area (TPSA) is 101 Å². The third-order valence-corrected chi connectivity index (χ3v) is 2.92. The Morgan fingerprint density at radius 1 is 1.38 bits per heavy atom. The van der Waals surface area contributed by atoms with Crippen molar-refractivity contribution in [1.29, 1.82) is 0 Å². The number of hydrogen-bond donors (Lipinski definition) is 1. The van der Waals surface area contributed by atoms with Crippen molar-refractivity contribution in [2.45, 2.75) is 26.2 Å². The fraction of sp³-hybridized carbons (Fsp3) is 0.429. The van der Waals surface area contributed by atoms with E-state index < -0.39 is 10.9 Å². The van der Waals surface area contributed by atoms with E-state index in [9.17, 15) is 19.7 Å². The molecule has 0 saturated carbocycles. The number of aryl methyl sites for hydroxylation is 1. The molecule has 7 nitrogen and oxygen atoms in total. The standard InChI is InChI=1S/C14H18N2O5/c1-2-8-15(10-14(18)19)13(17)7-6-11-4-3-5-12(9-11)16(20)21/h3-5,9H,2,6-8,10H2,1H3,(H,18,19). The number of amides is 1. The molecule has 0 heterocycles. The second-order valence-corrected chi connectivity index (χ2v) is 4.64. The van der Waals surface area contributed by atoms with Gasteiger partial charge >= 0.3 is 5.97 Å². The Morgan fingerprint density at radius 3 is 2.67 bits per heavy atom. The van der Waals surface area contributed by atoms with Crippen LogP contribution >= 0.6 is 0 Å². The maximum Gasteiger partial charge on any atom is 0.323 e. The van der Waals surface area contributed by atoms with E-state index in [0.717, 1.165) is 0 Å². The smallest absolute Gasteiger partial charge is 0.323 e. The lowest BCUT2D eigenvalue weighted by atomic mass is 10.1. The molecule has 21 heavy (non-hydrogen) atoms. The lowest BCUT2D eigenvalue weighted by molar-refractivity contribution is -0.384. The predicted molar refractivity (Wildman–Crippen MR) is 75.9 cm³/mol. The van der Waals surface area contributed by atoms with Gasteiger partial charge in [-0.05, 0) is 18.4 Å². The summed E-state index contributed by atoms with van der Waals surface area (Å²) in [7, 11) is 0. The number of carboxylic acid groups (broad SMARTS) is 1. The summed E-state index contributed by atoms with van der Waals surface area (Å²) >= 11 is 0. The molecule has 0 bridgehead atoms. The van der Waals surface area contributed by atoms with Crippen LogP contribution in [0.5, 0.6) is 0 Å². The molecule has 0 aromatic heterocycles. The molecule has 0 aliphatic carbocycles. The first kappa shape index (κ1) is 16.6. The van der Waals surface area contributed by atoms with Crippen molar-refractivity contribution in [3.63, 3.8) is 0 Å². The Labute approximate surface area is 122 Å². The molecule has 0 unspecified atom stereocenters. The van der Waals surface area contributed by atoms with Gasteiger partial charge in [-0.15, -0.1) is 0 Å². The van der Waals surface area contributed by atoms with E-state index in [2.05, 4.69) is 0 Å². The van der Waals surface area contributed by atoms with E-state index >= 15 is 0 Å². The molecule has 0 saturated heterocycles. The van der Waals surface area contributed by atoms with Gasteiger partial charge in [0.2, 0.25) is 5.91 Å². The van der Waals surface area contributed by atoms with E-state index in [-0.39, 0.29) is 24.6 Å². The fourth-order valence-corrected chi connectivity index (χ4v) is 1.96. The van der Waals surface area contributed by atoms with Crippen molar-refractivity contribution in [3.05, 3.63) is 39.9 Å². The van der Waals surface area contributed by atoms with Crippen LogP contribution in [0.3, 0.4) is 0 Å². The first-order valence-electron chi connectivity index (χ1n) is 6.67. The second kappa shape index (κ2) is 7.98. The number of carboxylic acids is 1. The number of hydrogen-bond acceptors (Lipinski definition) is 4. The summed E-state index contributed by atoms with van der Waals surface area (Å²) in [6.45, 7) is 1.93. The molecule has 0 fully saturated rings. The molecule has 0 spiro atoms. The zero-order chi connectivity index (χ0) is 15.8. The number of nitro benzene ring substituents is 1. The minimum atomic E-state index is -1.05. The van der Waals surface area contributed by atoms with Gasteiger partial charge in [0.15, 0.2) is 0 Å². The molecule has 0 atom stereocenters. The molecule has 1 aromatic carbocycles. The van der Waals surface area contributed by atoms with Crippen LogP contribution in [0.25, 0.3) is 0 Å². The highest BCUT2D eigenvalue weighted by atomic mass is 16.6. The van der Waals surface area contributed by atoms with Crippen LogP contribution in [0.4, 0.5) is 5.69 Å². The third-order valence-electron chi connectivity index (χ3n) is 2.92. The monoisotopic (exact) mass is 294 g/mol. The van der Waals surface area contributed by atoms with Crippen molar-refractivity contribution >= 4 is 17.6 Å². The zero-order valence-electron chi connectivity index (χ0n) is 11.8. The molecule has 0 aliphatic rings. The number of benzene rings is 1. The van der Waals surface area contributed by atoms with E-state index in [1.54, 1.807) is 12.1 Å². The highest BCUT2D eigenvalue weighted by Gasteiger charge is 2.16. The van der Waals surface area contributed by atoms with E-state index in [1.165, 1.54) is 17.0 Å². The van der Waals surface area contributed by atoms with Gasteiger partial charge in [-0.1, -0.05) is 19.1 Å². The van der Waals surface area contributed by atoms with Gasteiger partial charge in [0, 0.05) is 25.1 Å². The number of non-ortho nitro benzene ring substituents is 1. The Balaban J connectivity index is 2.63. The van der Waals surface area contributed by atoms with Crippen LogP contribution in [-0.4, -0.2) is 39.9 Å². The summed E-state index contributed by atoms with van der Waals surface area (Å²) < 4.78 is 0. The van der Waals surface area contributed by atoms with Crippen molar-refractivity contribution in [2.75, 3.05) is 13.1 Å². The van der Waals surface area contributed by atoms with Crippen molar-refractivity contribution < 1.29 is 19.6 Å². The van der Waals surface area contributed by atoms with Crippen LogP contribution in [0.2, 0.25) is 0 Å². The number of nitrogens with zero attached hydrogens (tertiary/aromatic N) is 2. The summed E-state index contributed by atoms with van der Waals surface area (Å²) in [6.07, 6.45) is 1.16. The molecule has 1 N–H and O–H groups in total. The first-order valence-corrected chi connectivity index (χ1v) is 6.67. The van der Waals surface area contributed by atoms with Gasteiger partial charge in [-0.25, -0.2) is 0 Å². The zero-order valence-corrected chi connectivity index (χ0v) is 11.8. The maximum atomic E-state index is 12.0. The minimum Gasteiger partial charge on any atom is -0.480 e. The molecule has 1 amide bonds. The second-order valence-electron chi connectivity index (χ2n) is 4.64. The number of carbonyl (C=O) groups excluding carboxylic acids is 1. The highest BCUT2D eigenvalue weighted by molar-refractivity contribution is 5.81. The summed E-state index contributed by atoms with van der Waals surface area (Å²) in [4.78, 5) is 34.2. The average molecular weight is 294 g/mol. The molecule has 0 radical (unpaired) electrons. The lowest BCUT2D eigenvalue weighted by Crippen LogP contribution is -2.36. The quantitative estimate of drug-likeness (QED) is 0.582. The van der Waals surface area contributed by atoms with Crippen LogP contribution in [-0.2, 0) is 16.0 Å². The molecule has 1 aromatic rings. The summed E-state index contributed by atoms with van der Waals surface area (Å²) in [5, 5.41) is 19.4. The molecule has 114 valence electrons. The van der Waals surface area contributed by atoms with Crippen molar-refractivity contribution in [1.82, 2.24) is 4.90 Å². The van der Waals surface area contributed by atoms with Gasteiger partial charge in [-0.2, -0.15) is 0 Å². The summed E-state index contributed by atoms with van der Waals surface area (Å²) in [6, 6.07) is 6.09. The molecule has 7 heteroatoms. The Morgan fingerprint density at radius 2 is 2.10 bits per heavy atom. The van der Waals surface area contributed by atoms with E-state index in [4.69, 9.17) is 5.11 Å². The van der Waals surface area contributed by atoms with Crippen LogP contribution in [0.1, 0.15) is 25.3 Å². The van der Waals surface area contributed by atoms with Crippen LogP contribution in [0.15, 0.2) is 24.3 Å². The molecule has 0 aliphatic heterocycles. The minimum absolute atomic E-state index is 0.0177. The Bertz CT molecular complexity index is 530. The van der Waals surface area contributed by atoms with Crippen LogP contribution in [0, 0.1) is 10.1 Å². The Kier molecular flexibility index (Phi) is 6.32. The van der Waals surface area contributed by atoms with Crippen LogP contribution < -0.4 is 0 Å².